The van der Waals surface area contributed by atoms with Gasteiger partial charge in [0.25, 0.3) is 5.91 Å². The van der Waals surface area contributed by atoms with E-state index < -0.39 is 5.91 Å². The van der Waals surface area contributed by atoms with Gasteiger partial charge in [0.1, 0.15) is 0 Å². The van der Waals surface area contributed by atoms with Crippen molar-refractivity contribution in [1.29, 1.82) is 0 Å². The summed E-state index contributed by atoms with van der Waals surface area (Å²) in [5.74, 6) is 1.40. The lowest BCUT2D eigenvalue weighted by molar-refractivity contribution is -0.120. The van der Waals surface area contributed by atoms with Crippen LogP contribution in [0.25, 0.3) is 6.08 Å². The number of hydrogen-bond acceptors (Lipinski definition) is 6. The minimum Gasteiger partial charge on any atom is -0.493 e. The fourth-order valence-corrected chi connectivity index (χ4v) is 2.54. The Morgan fingerprint density at radius 1 is 0.968 bits per heavy atom. The monoisotopic (exact) mass is 428 g/mol. The maximum absolute atomic E-state index is 12.3. The molecule has 2 amide bonds. The van der Waals surface area contributed by atoms with E-state index in [0.29, 0.717) is 41.2 Å². The molecule has 0 bridgehead atoms. The highest BCUT2D eigenvalue weighted by Crippen LogP contribution is 2.31. The van der Waals surface area contributed by atoms with Crippen LogP contribution in [0.15, 0.2) is 42.5 Å². The average Bonchev–Trinajstić information content (AvgIpc) is 2.75. The van der Waals surface area contributed by atoms with E-state index in [-0.39, 0.29) is 12.5 Å². The fourth-order valence-electron chi connectivity index (χ4n) is 2.54. The smallest absolute Gasteiger partial charge is 0.255 e. The summed E-state index contributed by atoms with van der Waals surface area (Å²) in [4.78, 5) is 23.3. The van der Waals surface area contributed by atoms with Gasteiger partial charge < -0.3 is 30.0 Å². The van der Waals surface area contributed by atoms with Crippen molar-refractivity contribution in [1.82, 2.24) is 0 Å². The number of ether oxygens (including phenoxy) is 4. The molecule has 0 aliphatic rings. The van der Waals surface area contributed by atoms with Crippen molar-refractivity contribution in [2.24, 2.45) is 11.7 Å². The van der Waals surface area contributed by atoms with Crippen LogP contribution in [0.1, 0.15) is 19.4 Å². The molecule has 8 nitrogen and oxygen atoms in total. The number of amides is 2. The molecular formula is C23H28N2O6. The summed E-state index contributed by atoms with van der Waals surface area (Å²) in [6, 6.07) is 10.3. The van der Waals surface area contributed by atoms with Crippen LogP contribution >= 0.6 is 0 Å². The second-order valence-electron chi connectivity index (χ2n) is 7.06. The lowest BCUT2D eigenvalue weighted by Gasteiger charge is -2.13. The molecule has 0 aliphatic carbocycles. The number of benzene rings is 2. The van der Waals surface area contributed by atoms with Crippen molar-refractivity contribution in [2.45, 2.75) is 13.8 Å². The Labute approximate surface area is 181 Å². The van der Waals surface area contributed by atoms with Crippen molar-refractivity contribution in [3.63, 3.8) is 0 Å². The van der Waals surface area contributed by atoms with E-state index in [9.17, 15) is 9.59 Å². The predicted octanol–water partition coefficient (Wildman–Crippen LogP) is 3.25. The highest BCUT2D eigenvalue weighted by atomic mass is 16.5. The van der Waals surface area contributed by atoms with Crippen LogP contribution in [-0.2, 0) is 9.59 Å². The molecule has 31 heavy (non-hydrogen) atoms. The van der Waals surface area contributed by atoms with E-state index in [1.807, 2.05) is 12.1 Å². The summed E-state index contributed by atoms with van der Waals surface area (Å²) >= 11 is 0. The Balaban J connectivity index is 2.06. The Kier molecular flexibility index (Phi) is 8.75. The van der Waals surface area contributed by atoms with E-state index >= 15 is 0 Å². The molecule has 166 valence electrons. The molecule has 0 spiro atoms. The highest BCUT2D eigenvalue weighted by Gasteiger charge is 2.09. The molecule has 2 aromatic carbocycles. The van der Waals surface area contributed by atoms with Gasteiger partial charge >= 0.3 is 0 Å². The molecule has 2 rings (SSSR count). The van der Waals surface area contributed by atoms with Crippen LogP contribution in [0.3, 0.4) is 0 Å². The molecule has 0 saturated carbocycles. The number of primary amides is 1. The Hall–Kier alpha value is -3.68. The topological polar surface area (TPSA) is 109 Å². The summed E-state index contributed by atoms with van der Waals surface area (Å²) in [6.45, 7) is 4.42. The molecular weight excluding hydrogens is 400 g/mol. The largest absolute Gasteiger partial charge is 0.493 e. The van der Waals surface area contributed by atoms with Crippen LogP contribution in [0.5, 0.6) is 23.0 Å². The van der Waals surface area contributed by atoms with Gasteiger partial charge in [0.15, 0.2) is 29.6 Å². The quantitative estimate of drug-likeness (QED) is 0.532. The third kappa shape index (κ3) is 7.58. The first kappa shape index (κ1) is 23.6. The molecule has 0 fully saturated rings. The Morgan fingerprint density at radius 2 is 1.68 bits per heavy atom. The third-order valence-corrected chi connectivity index (χ3v) is 3.99. The van der Waals surface area contributed by atoms with E-state index in [0.717, 1.165) is 5.56 Å². The first-order valence-corrected chi connectivity index (χ1v) is 9.71. The molecule has 0 aromatic heterocycles. The van der Waals surface area contributed by atoms with Gasteiger partial charge in [-0.25, -0.2) is 0 Å². The standard InChI is InChI=1S/C23H28N2O6/c1-15(2)13-30-19-8-5-16(11-20(19)29-4)6-10-23(27)25-17-7-9-18(28-3)21(12-17)31-14-22(24)26/h5-12,15H,13-14H2,1-4H3,(H2,24,26)(H,25,27)/b10-6+. The van der Waals surface area contributed by atoms with Crippen molar-refractivity contribution in [3.05, 3.63) is 48.0 Å². The summed E-state index contributed by atoms with van der Waals surface area (Å²) < 4.78 is 21.6. The molecule has 8 heteroatoms. The third-order valence-electron chi connectivity index (χ3n) is 3.99. The first-order valence-electron chi connectivity index (χ1n) is 9.71. The molecule has 3 N–H and O–H groups in total. The summed E-state index contributed by atoms with van der Waals surface area (Å²) in [7, 11) is 3.04. The van der Waals surface area contributed by atoms with E-state index in [1.54, 1.807) is 37.5 Å². The van der Waals surface area contributed by atoms with Crippen molar-refractivity contribution in [3.8, 4) is 23.0 Å². The van der Waals surface area contributed by atoms with Gasteiger partial charge in [-0.05, 0) is 41.8 Å². The second kappa shape index (κ2) is 11.5. The van der Waals surface area contributed by atoms with Gasteiger partial charge in [0.2, 0.25) is 5.91 Å². The molecule has 0 unspecified atom stereocenters. The predicted molar refractivity (Wildman–Crippen MR) is 119 cm³/mol. The number of carbonyl (C=O) groups excluding carboxylic acids is 2. The Bertz CT molecular complexity index is 940. The van der Waals surface area contributed by atoms with Crippen molar-refractivity contribution in [2.75, 3.05) is 32.8 Å². The maximum Gasteiger partial charge on any atom is 0.255 e. The number of rotatable bonds is 11. The summed E-state index contributed by atoms with van der Waals surface area (Å²) in [6.07, 6.45) is 3.07. The van der Waals surface area contributed by atoms with Crippen LogP contribution in [0, 0.1) is 5.92 Å². The number of nitrogens with two attached hydrogens (primary N) is 1. The zero-order valence-corrected chi connectivity index (χ0v) is 18.1. The van der Waals surface area contributed by atoms with E-state index in [4.69, 9.17) is 24.7 Å². The van der Waals surface area contributed by atoms with E-state index in [2.05, 4.69) is 19.2 Å². The second-order valence-corrected chi connectivity index (χ2v) is 7.06. The lowest BCUT2D eigenvalue weighted by atomic mass is 10.2. The lowest BCUT2D eigenvalue weighted by Crippen LogP contribution is -2.20. The first-order chi connectivity index (χ1) is 14.8. The van der Waals surface area contributed by atoms with Crippen LogP contribution in [-0.4, -0.2) is 39.2 Å². The molecule has 0 heterocycles. The minimum atomic E-state index is -0.615. The van der Waals surface area contributed by atoms with Gasteiger partial charge in [-0.3, -0.25) is 9.59 Å². The SMILES string of the molecule is COc1ccc(NC(=O)/C=C/c2ccc(OCC(C)C)c(OC)c2)cc1OCC(N)=O. The zero-order chi connectivity index (χ0) is 22.8. The van der Waals surface area contributed by atoms with Gasteiger partial charge in [0, 0.05) is 17.8 Å². The molecule has 0 radical (unpaired) electrons. The number of nitrogens with one attached hydrogen (secondary N) is 1. The summed E-state index contributed by atoms with van der Waals surface area (Å²) in [5.41, 5.74) is 6.36. The average molecular weight is 428 g/mol. The minimum absolute atomic E-state index is 0.296. The normalized spacial score (nSPS) is 10.7. The zero-order valence-electron chi connectivity index (χ0n) is 18.1. The van der Waals surface area contributed by atoms with Crippen molar-refractivity contribution >= 4 is 23.6 Å². The number of methoxy groups -OCH3 is 2. The van der Waals surface area contributed by atoms with Crippen LogP contribution in [0.4, 0.5) is 5.69 Å². The molecule has 0 aliphatic heterocycles. The van der Waals surface area contributed by atoms with Crippen molar-refractivity contribution < 1.29 is 28.5 Å². The van der Waals surface area contributed by atoms with E-state index in [1.165, 1.54) is 13.2 Å². The highest BCUT2D eigenvalue weighted by molar-refractivity contribution is 6.02. The molecule has 2 aromatic rings. The fraction of sp³-hybridized carbons (Fsp3) is 0.304. The number of hydrogen-bond donors (Lipinski definition) is 2. The van der Waals surface area contributed by atoms with Crippen LogP contribution < -0.4 is 30.0 Å². The number of anilines is 1. The maximum atomic E-state index is 12.3. The van der Waals surface area contributed by atoms with Crippen LogP contribution in [0.2, 0.25) is 0 Å². The Morgan fingerprint density at radius 3 is 2.32 bits per heavy atom. The van der Waals surface area contributed by atoms with Gasteiger partial charge in [-0.1, -0.05) is 19.9 Å². The van der Waals surface area contributed by atoms with Gasteiger partial charge in [-0.2, -0.15) is 0 Å². The van der Waals surface area contributed by atoms with Gasteiger partial charge in [0.05, 0.1) is 20.8 Å². The molecule has 0 saturated heterocycles. The summed E-state index contributed by atoms with van der Waals surface area (Å²) in [5, 5.41) is 2.73. The molecule has 0 atom stereocenters. The number of carbonyl (C=O) groups is 2. The van der Waals surface area contributed by atoms with Gasteiger partial charge in [-0.15, -0.1) is 0 Å².